The first-order valence-corrected chi connectivity index (χ1v) is 8.11. The SMILES string of the molecule is OS1(O)C=Cc2c(CNCc3ccccc3)cccc21. The van der Waals surface area contributed by atoms with Crippen molar-refractivity contribution in [1.82, 2.24) is 5.32 Å². The molecule has 2 aromatic carbocycles. The topological polar surface area (TPSA) is 52.5 Å². The van der Waals surface area contributed by atoms with Crippen LogP contribution in [0.25, 0.3) is 6.08 Å². The first-order valence-electron chi connectivity index (χ1n) is 6.50. The van der Waals surface area contributed by atoms with Crippen LogP contribution < -0.4 is 5.32 Å². The van der Waals surface area contributed by atoms with Gasteiger partial charge in [-0.25, -0.2) is 0 Å². The monoisotopic (exact) mass is 287 g/mol. The van der Waals surface area contributed by atoms with Gasteiger partial charge in [-0.05, 0) is 23.3 Å². The standard InChI is InChI=1S/C16H17NO2S/c18-20(19)10-9-15-14(7-4-8-16(15)20)12-17-11-13-5-2-1-3-6-13/h1-10,17-19H,11-12H2. The molecular formula is C16H17NO2S. The highest BCUT2D eigenvalue weighted by Crippen LogP contribution is 2.56. The van der Waals surface area contributed by atoms with Crippen molar-refractivity contribution in [3.8, 4) is 0 Å². The fourth-order valence-electron chi connectivity index (χ4n) is 2.37. The van der Waals surface area contributed by atoms with E-state index in [0.717, 1.165) is 17.7 Å². The van der Waals surface area contributed by atoms with Gasteiger partial charge in [0.25, 0.3) is 0 Å². The number of benzene rings is 2. The van der Waals surface area contributed by atoms with Gasteiger partial charge >= 0.3 is 0 Å². The van der Waals surface area contributed by atoms with Gasteiger partial charge in [-0.15, -0.1) is 10.6 Å². The van der Waals surface area contributed by atoms with E-state index in [9.17, 15) is 9.11 Å². The van der Waals surface area contributed by atoms with E-state index in [1.165, 1.54) is 11.0 Å². The third-order valence-electron chi connectivity index (χ3n) is 3.39. The maximum absolute atomic E-state index is 9.91. The zero-order chi connectivity index (χ0) is 14.0. The Morgan fingerprint density at radius 1 is 0.900 bits per heavy atom. The molecule has 0 aromatic heterocycles. The third kappa shape index (κ3) is 2.64. The maximum atomic E-state index is 9.91. The van der Waals surface area contributed by atoms with Gasteiger partial charge in [0.05, 0.1) is 4.90 Å². The molecule has 0 spiro atoms. The van der Waals surface area contributed by atoms with Crippen molar-refractivity contribution in [2.24, 2.45) is 0 Å². The average Bonchev–Trinajstić information content (AvgIpc) is 2.77. The zero-order valence-electron chi connectivity index (χ0n) is 11.0. The van der Waals surface area contributed by atoms with Crippen molar-refractivity contribution < 1.29 is 9.11 Å². The highest BCUT2D eigenvalue weighted by Gasteiger charge is 2.22. The van der Waals surface area contributed by atoms with E-state index in [1.54, 1.807) is 6.07 Å². The molecule has 0 unspecified atom stereocenters. The summed E-state index contributed by atoms with van der Waals surface area (Å²) < 4.78 is 19.8. The second kappa shape index (κ2) is 5.42. The molecule has 3 nitrogen and oxygen atoms in total. The molecule has 20 heavy (non-hydrogen) atoms. The maximum Gasteiger partial charge on any atom is 0.0706 e. The van der Waals surface area contributed by atoms with Gasteiger partial charge in [0.1, 0.15) is 0 Å². The minimum atomic E-state index is -2.71. The molecule has 0 fully saturated rings. The largest absolute Gasteiger partial charge is 0.309 e. The molecule has 0 amide bonds. The Hall–Kier alpha value is -1.59. The lowest BCUT2D eigenvalue weighted by atomic mass is 10.1. The van der Waals surface area contributed by atoms with Crippen LogP contribution in [-0.4, -0.2) is 9.11 Å². The Morgan fingerprint density at radius 3 is 2.50 bits per heavy atom. The highest BCUT2D eigenvalue weighted by molar-refractivity contribution is 8.27. The van der Waals surface area contributed by atoms with Crippen LogP contribution in [0.3, 0.4) is 0 Å². The smallest absolute Gasteiger partial charge is 0.0706 e. The molecule has 2 aromatic rings. The summed E-state index contributed by atoms with van der Waals surface area (Å²) in [6.07, 6.45) is 1.81. The van der Waals surface area contributed by atoms with Crippen molar-refractivity contribution in [2.75, 3.05) is 0 Å². The summed E-state index contributed by atoms with van der Waals surface area (Å²) in [6.45, 7) is 1.50. The van der Waals surface area contributed by atoms with E-state index in [2.05, 4.69) is 17.4 Å². The van der Waals surface area contributed by atoms with Crippen LogP contribution in [0.1, 0.15) is 16.7 Å². The molecule has 1 heterocycles. The third-order valence-corrected chi connectivity index (χ3v) is 4.91. The van der Waals surface area contributed by atoms with Crippen molar-refractivity contribution in [3.63, 3.8) is 0 Å². The van der Waals surface area contributed by atoms with Gasteiger partial charge in [0.15, 0.2) is 0 Å². The Morgan fingerprint density at radius 2 is 1.70 bits per heavy atom. The molecule has 0 aliphatic carbocycles. The van der Waals surface area contributed by atoms with Gasteiger partial charge in [-0.1, -0.05) is 42.5 Å². The predicted octanol–water partition coefficient (Wildman–Crippen LogP) is 4.07. The molecule has 1 aliphatic heterocycles. The summed E-state index contributed by atoms with van der Waals surface area (Å²) in [5, 5.41) is 4.89. The van der Waals surface area contributed by atoms with E-state index < -0.39 is 10.6 Å². The molecule has 0 saturated carbocycles. The van der Waals surface area contributed by atoms with Gasteiger partial charge < -0.3 is 5.32 Å². The van der Waals surface area contributed by atoms with Gasteiger partial charge in [0.2, 0.25) is 0 Å². The van der Waals surface area contributed by atoms with Crippen LogP contribution in [0.2, 0.25) is 0 Å². The predicted molar refractivity (Wildman–Crippen MR) is 83.6 cm³/mol. The molecule has 0 bridgehead atoms. The Kier molecular flexibility index (Phi) is 3.63. The summed E-state index contributed by atoms with van der Waals surface area (Å²) >= 11 is 0. The quantitative estimate of drug-likeness (QED) is 0.794. The van der Waals surface area contributed by atoms with Crippen LogP contribution >= 0.6 is 10.6 Å². The van der Waals surface area contributed by atoms with Gasteiger partial charge in [-0.2, -0.15) is 0 Å². The second-order valence-corrected chi connectivity index (χ2v) is 6.71. The van der Waals surface area contributed by atoms with Crippen molar-refractivity contribution in [2.45, 2.75) is 18.0 Å². The van der Waals surface area contributed by atoms with Crippen LogP contribution in [0.15, 0.2) is 58.8 Å². The minimum Gasteiger partial charge on any atom is -0.309 e. The minimum absolute atomic E-state index is 0.636. The van der Waals surface area contributed by atoms with Crippen LogP contribution in [0.5, 0.6) is 0 Å². The molecule has 4 heteroatoms. The Balaban J connectivity index is 1.71. The van der Waals surface area contributed by atoms with Crippen LogP contribution in [-0.2, 0) is 13.1 Å². The van der Waals surface area contributed by atoms with Crippen molar-refractivity contribution in [1.29, 1.82) is 0 Å². The van der Waals surface area contributed by atoms with Crippen molar-refractivity contribution >= 4 is 16.7 Å². The number of hydrogen-bond acceptors (Lipinski definition) is 3. The molecule has 0 atom stereocenters. The second-order valence-electron chi connectivity index (χ2n) is 4.81. The molecule has 3 rings (SSSR count). The fourth-order valence-corrected chi connectivity index (χ4v) is 3.64. The van der Waals surface area contributed by atoms with E-state index in [0.29, 0.717) is 11.4 Å². The lowest BCUT2D eigenvalue weighted by molar-refractivity contribution is 0.500. The Labute approximate surface area is 120 Å². The van der Waals surface area contributed by atoms with E-state index in [1.807, 2.05) is 36.4 Å². The summed E-state index contributed by atoms with van der Waals surface area (Å²) in [5.41, 5.74) is 3.26. The fraction of sp³-hybridized carbons (Fsp3) is 0.125. The molecule has 104 valence electrons. The van der Waals surface area contributed by atoms with Crippen LogP contribution in [0, 0.1) is 0 Å². The number of rotatable bonds is 4. The number of fused-ring (bicyclic) bond motifs is 1. The molecular weight excluding hydrogens is 270 g/mol. The van der Waals surface area contributed by atoms with E-state index in [-0.39, 0.29) is 0 Å². The normalized spacial score (nSPS) is 16.9. The summed E-state index contributed by atoms with van der Waals surface area (Å²) in [6, 6.07) is 15.9. The van der Waals surface area contributed by atoms with E-state index in [4.69, 9.17) is 0 Å². The zero-order valence-corrected chi connectivity index (χ0v) is 11.8. The number of nitrogens with one attached hydrogen (secondary N) is 1. The molecule has 0 radical (unpaired) electrons. The summed E-state index contributed by atoms with van der Waals surface area (Å²) in [7, 11) is -2.71. The molecule has 3 N–H and O–H groups in total. The lowest BCUT2D eigenvalue weighted by Gasteiger charge is -2.25. The lowest BCUT2D eigenvalue weighted by Crippen LogP contribution is -2.13. The van der Waals surface area contributed by atoms with Crippen LogP contribution in [0.4, 0.5) is 0 Å². The first-order chi connectivity index (χ1) is 9.67. The number of hydrogen-bond donors (Lipinski definition) is 3. The first kappa shape index (κ1) is 13.4. The molecule has 1 aliphatic rings. The highest BCUT2D eigenvalue weighted by atomic mass is 32.3. The Bertz CT molecular complexity index is 638. The average molecular weight is 287 g/mol. The van der Waals surface area contributed by atoms with Gasteiger partial charge in [0, 0.05) is 24.1 Å². The van der Waals surface area contributed by atoms with E-state index >= 15 is 0 Å². The summed E-state index contributed by atoms with van der Waals surface area (Å²) in [5.74, 6) is 0. The van der Waals surface area contributed by atoms with Crippen molar-refractivity contribution in [3.05, 3.63) is 70.6 Å². The molecule has 0 saturated heterocycles. The van der Waals surface area contributed by atoms with Gasteiger partial charge in [-0.3, -0.25) is 9.11 Å². The summed E-state index contributed by atoms with van der Waals surface area (Å²) in [4.78, 5) is 0.636.